The van der Waals surface area contributed by atoms with Crippen molar-refractivity contribution in [1.29, 1.82) is 0 Å². The number of fused-ring (bicyclic) bond motifs is 1. The van der Waals surface area contributed by atoms with Crippen LogP contribution in [0.2, 0.25) is 0 Å². The maximum absolute atomic E-state index is 12.9. The number of carbonyl (C=O) groups excluding carboxylic acids is 1. The van der Waals surface area contributed by atoms with Crippen LogP contribution in [0.3, 0.4) is 0 Å². The van der Waals surface area contributed by atoms with E-state index in [1.165, 1.54) is 5.56 Å². The minimum Gasteiger partial charge on any atom is -0.364 e. The highest BCUT2D eigenvalue weighted by Gasteiger charge is 2.15. The molecule has 3 heterocycles. The van der Waals surface area contributed by atoms with Gasteiger partial charge in [-0.3, -0.25) is 4.79 Å². The fraction of sp³-hybridized carbons (Fsp3) is 0.208. The van der Waals surface area contributed by atoms with Crippen molar-refractivity contribution in [1.82, 2.24) is 15.0 Å². The smallest absolute Gasteiger partial charge is 0.259 e. The fourth-order valence-corrected chi connectivity index (χ4v) is 3.22. The summed E-state index contributed by atoms with van der Waals surface area (Å²) < 4.78 is 0. The molecule has 0 saturated heterocycles. The second-order valence-electron chi connectivity index (χ2n) is 8.25. The third kappa shape index (κ3) is 4.33. The molecule has 152 valence electrons. The van der Waals surface area contributed by atoms with E-state index < -0.39 is 0 Å². The molecular weight excluding hydrogens is 374 g/mol. The molecule has 0 aliphatic heterocycles. The van der Waals surface area contributed by atoms with Crippen molar-refractivity contribution in [3.8, 4) is 0 Å². The molecule has 0 saturated carbocycles. The number of aromatic nitrogens is 3. The highest BCUT2D eigenvalue weighted by Crippen LogP contribution is 2.24. The largest absolute Gasteiger partial charge is 0.364 e. The molecule has 6 heteroatoms. The molecule has 0 radical (unpaired) electrons. The van der Waals surface area contributed by atoms with Gasteiger partial charge in [-0.2, -0.15) is 0 Å². The molecule has 1 amide bonds. The van der Waals surface area contributed by atoms with Gasteiger partial charge in [-0.1, -0.05) is 32.9 Å². The lowest BCUT2D eigenvalue weighted by molar-refractivity contribution is 0.102. The highest BCUT2D eigenvalue weighted by molar-refractivity contribution is 6.07. The number of nitrogens with one attached hydrogen (secondary N) is 3. The van der Waals surface area contributed by atoms with E-state index in [1.807, 2.05) is 48.7 Å². The third-order valence-corrected chi connectivity index (χ3v) is 4.97. The van der Waals surface area contributed by atoms with Gasteiger partial charge in [0.1, 0.15) is 11.5 Å². The Morgan fingerprint density at radius 1 is 1.03 bits per heavy atom. The molecule has 1 aromatic carbocycles. The van der Waals surface area contributed by atoms with E-state index in [2.05, 4.69) is 46.4 Å². The molecule has 30 heavy (non-hydrogen) atoms. The number of anilines is 2. The Bertz CT molecular complexity index is 1170. The average Bonchev–Trinajstić information content (AvgIpc) is 3.20. The molecule has 0 spiro atoms. The van der Waals surface area contributed by atoms with E-state index in [4.69, 9.17) is 0 Å². The summed E-state index contributed by atoms with van der Waals surface area (Å²) >= 11 is 0. The standard InChI is InChI=1S/C24H25N5O/c1-24(2,3)17-7-10-18(11-8-17)29-23(30)20-5-4-13-25-22(20)27-15-19-9-6-16-12-14-26-21(16)28-19/h4-14H,15H2,1-3H3,(H,25,27)(H,26,28)(H,29,30). The van der Waals surface area contributed by atoms with Gasteiger partial charge in [0, 0.05) is 23.5 Å². The second-order valence-corrected chi connectivity index (χ2v) is 8.25. The van der Waals surface area contributed by atoms with Crippen molar-refractivity contribution in [2.24, 2.45) is 0 Å². The first kappa shape index (κ1) is 19.6. The van der Waals surface area contributed by atoms with Crippen LogP contribution in [0.25, 0.3) is 11.0 Å². The van der Waals surface area contributed by atoms with Crippen LogP contribution in [0.4, 0.5) is 11.5 Å². The zero-order valence-electron chi connectivity index (χ0n) is 17.4. The zero-order chi connectivity index (χ0) is 21.1. The molecule has 3 N–H and O–H groups in total. The zero-order valence-corrected chi connectivity index (χ0v) is 17.4. The Morgan fingerprint density at radius 2 is 1.83 bits per heavy atom. The van der Waals surface area contributed by atoms with Crippen LogP contribution >= 0.6 is 0 Å². The maximum atomic E-state index is 12.9. The van der Waals surface area contributed by atoms with Crippen molar-refractivity contribution < 1.29 is 4.79 Å². The van der Waals surface area contributed by atoms with Crippen LogP contribution in [0.5, 0.6) is 0 Å². The van der Waals surface area contributed by atoms with Crippen molar-refractivity contribution in [2.75, 3.05) is 10.6 Å². The summed E-state index contributed by atoms with van der Waals surface area (Å²) in [5.41, 5.74) is 4.22. The fourth-order valence-electron chi connectivity index (χ4n) is 3.22. The van der Waals surface area contributed by atoms with Gasteiger partial charge in [0.2, 0.25) is 0 Å². The molecule has 0 fully saturated rings. The predicted octanol–water partition coefficient (Wildman–Crippen LogP) is 5.12. The molecule has 0 aliphatic rings. The lowest BCUT2D eigenvalue weighted by Gasteiger charge is -2.19. The second kappa shape index (κ2) is 7.99. The lowest BCUT2D eigenvalue weighted by Crippen LogP contribution is -2.16. The Kier molecular flexibility index (Phi) is 5.23. The Balaban J connectivity index is 1.47. The summed E-state index contributed by atoms with van der Waals surface area (Å²) in [7, 11) is 0. The summed E-state index contributed by atoms with van der Waals surface area (Å²) in [5, 5.41) is 7.25. The maximum Gasteiger partial charge on any atom is 0.259 e. The van der Waals surface area contributed by atoms with E-state index in [1.54, 1.807) is 18.3 Å². The third-order valence-electron chi connectivity index (χ3n) is 4.97. The monoisotopic (exact) mass is 399 g/mol. The molecule has 0 atom stereocenters. The molecule has 4 rings (SSSR count). The van der Waals surface area contributed by atoms with E-state index in [0.29, 0.717) is 17.9 Å². The van der Waals surface area contributed by atoms with Crippen molar-refractivity contribution in [3.63, 3.8) is 0 Å². The Labute approximate surface area is 175 Å². The number of hydrogen-bond acceptors (Lipinski definition) is 4. The Hall–Kier alpha value is -3.67. The highest BCUT2D eigenvalue weighted by atomic mass is 16.1. The van der Waals surface area contributed by atoms with Gasteiger partial charge in [-0.05, 0) is 53.4 Å². The van der Waals surface area contributed by atoms with Crippen molar-refractivity contribution in [3.05, 3.63) is 83.8 Å². The quantitative estimate of drug-likeness (QED) is 0.435. The minimum absolute atomic E-state index is 0.0696. The van der Waals surface area contributed by atoms with Crippen LogP contribution in [-0.2, 0) is 12.0 Å². The van der Waals surface area contributed by atoms with E-state index >= 15 is 0 Å². The molecule has 0 bridgehead atoms. The summed E-state index contributed by atoms with van der Waals surface area (Å²) in [5.74, 6) is 0.316. The normalized spacial score (nSPS) is 11.4. The van der Waals surface area contributed by atoms with Crippen molar-refractivity contribution >= 4 is 28.4 Å². The lowest BCUT2D eigenvalue weighted by atomic mass is 9.87. The molecule has 0 aliphatic carbocycles. The SMILES string of the molecule is CC(C)(C)c1ccc(NC(=O)c2cccnc2NCc2ccc3cc[nH]c3n2)cc1. The molecular formula is C24H25N5O. The summed E-state index contributed by atoms with van der Waals surface area (Å²) in [6.45, 7) is 6.95. The minimum atomic E-state index is -0.207. The van der Waals surface area contributed by atoms with Gasteiger partial charge in [0.25, 0.3) is 5.91 Å². The van der Waals surface area contributed by atoms with Crippen LogP contribution in [0, 0.1) is 0 Å². The number of amides is 1. The number of aromatic amines is 1. The summed E-state index contributed by atoms with van der Waals surface area (Å²) in [4.78, 5) is 24.9. The molecule has 0 unspecified atom stereocenters. The average molecular weight is 399 g/mol. The topological polar surface area (TPSA) is 82.7 Å². The van der Waals surface area contributed by atoms with Gasteiger partial charge >= 0.3 is 0 Å². The van der Waals surface area contributed by atoms with E-state index in [9.17, 15) is 4.79 Å². The van der Waals surface area contributed by atoms with Crippen LogP contribution in [0.15, 0.2) is 67.0 Å². The number of carbonyl (C=O) groups is 1. The van der Waals surface area contributed by atoms with Crippen LogP contribution in [0.1, 0.15) is 42.4 Å². The number of H-pyrrole nitrogens is 1. The first-order valence-corrected chi connectivity index (χ1v) is 9.94. The summed E-state index contributed by atoms with van der Waals surface area (Å²) in [6.07, 6.45) is 3.53. The number of rotatable bonds is 5. The molecule has 6 nitrogen and oxygen atoms in total. The van der Waals surface area contributed by atoms with Crippen LogP contribution in [-0.4, -0.2) is 20.9 Å². The summed E-state index contributed by atoms with van der Waals surface area (Å²) in [6, 6.07) is 17.4. The predicted molar refractivity (Wildman–Crippen MR) is 121 cm³/mol. The number of nitrogens with zero attached hydrogens (tertiary/aromatic N) is 2. The molecule has 4 aromatic rings. The number of pyridine rings is 2. The van der Waals surface area contributed by atoms with Gasteiger partial charge in [-0.15, -0.1) is 0 Å². The van der Waals surface area contributed by atoms with E-state index in [-0.39, 0.29) is 11.3 Å². The number of hydrogen-bond donors (Lipinski definition) is 3. The Morgan fingerprint density at radius 3 is 2.60 bits per heavy atom. The van der Waals surface area contributed by atoms with Gasteiger partial charge < -0.3 is 15.6 Å². The van der Waals surface area contributed by atoms with Gasteiger partial charge in [0.15, 0.2) is 0 Å². The first-order chi connectivity index (χ1) is 14.4. The molecule has 3 aromatic heterocycles. The van der Waals surface area contributed by atoms with Crippen LogP contribution < -0.4 is 10.6 Å². The van der Waals surface area contributed by atoms with Gasteiger partial charge in [-0.25, -0.2) is 9.97 Å². The van der Waals surface area contributed by atoms with Gasteiger partial charge in [0.05, 0.1) is 17.8 Å². The van der Waals surface area contributed by atoms with E-state index in [0.717, 1.165) is 22.4 Å². The first-order valence-electron chi connectivity index (χ1n) is 9.94. The number of benzene rings is 1. The van der Waals surface area contributed by atoms with Crippen molar-refractivity contribution in [2.45, 2.75) is 32.7 Å².